The van der Waals surface area contributed by atoms with E-state index in [0.717, 1.165) is 37.6 Å². The number of fused-ring (bicyclic) bond motifs is 1. The fourth-order valence-electron chi connectivity index (χ4n) is 3.60. The van der Waals surface area contributed by atoms with E-state index in [1.54, 1.807) is 11.8 Å². The third kappa shape index (κ3) is 2.89. The summed E-state index contributed by atoms with van der Waals surface area (Å²) in [5.41, 5.74) is 2.44. The van der Waals surface area contributed by atoms with E-state index in [9.17, 15) is 0 Å². The van der Waals surface area contributed by atoms with Crippen molar-refractivity contribution in [2.45, 2.75) is 49.9 Å². The Morgan fingerprint density at radius 3 is 2.73 bits per heavy atom. The number of ether oxygens (including phenoxy) is 2. The predicted molar refractivity (Wildman–Crippen MR) is 89.5 cm³/mol. The first kappa shape index (κ1) is 14.9. The van der Waals surface area contributed by atoms with Gasteiger partial charge in [-0.3, -0.25) is 0 Å². The lowest BCUT2D eigenvalue weighted by molar-refractivity contribution is -0.228. The van der Waals surface area contributed by atoms with Crippen LogP contribution in [-0.4, -0.2) is 36.6 Å². The van der Waals surface area contributed by atoms with Gasteiger partial charge in [-0.15, -0.1) is 11.8 Å². The van der Waals surface area contributed by atoms with Gasteiger partial charge >= 0.3 is 0 Å². The Labute approximate surface area is 137 Å². The van der Waals surface area contributed by atoms with Gasteiger partial charge in [-0.05, 0) is 49.6 Å². The van der Waals surface area contributed by atoms with Crippen molar-refractivity contribution in [3.63, 3.8) is 0 Å². The molecule has 2 aliphatic heterocycles. The first-order chi connectivity index (χ1) is 10.7. The third-order valence-corrected chi connectivity index (χ3v) is 5.88. The number of hydrogen-bond donors (Lipinski definition) is 0. The topological polar surface area (TPSA) is 21.7 Å². The van der Waals surface area contributed by atoms with Crippen molar-refractivity contribution in [3.8, 4) is 5.75 Å². The maximum absolute atomic E-state index is 6.40. The Balaban J connectivity index is 1.47. The molecule has 1 aliphatic carbocycles. The summed E-state index contributed by atoms with van der Waals surface area (Å²) in [7, 11) is 0. The van der Waals surface area contributed by atoms with Gasteiger partial charge in [-0.2, -0.15) is 0 Å². The minimum atomic E-state index is -0.376. The number of aryl methyl sites for hydroxylation is 1. The molecule has 0 aromatic heterocycles. The lowest BCUT2D eigenvalue weighted by atomic mass is 10.00. The fourth-order valence-corrected chi connectivity index (χ4v) is 4.15. The average Bonchev–Trinajstić information content (AvgIpc) is 3.34. The maximum Gasteiger partial charge on any atom is 0.213 e. The van der Waals surface area contributed by atoms with Crippen molar-refractivity contribution in [2.24, 2.45) is 5.92 Å². The Morgan fingerprint density at radius 2 is 2.05 bits per heavy atom. The number of likely N-dealkylation sites (tertiary alicyclic amines) is 1. The van der Waals surface area contributed by atoms with Crippen LogP contribution in [0.3, 0.4) is 0 Å². The molecule has 1 spiro atoms. The van der Waals surface area contributed by atoms with Crippen molar-refractivity contribution in [1.29, 1.82) is 0 Å². The van der Waals surface area contributed by atoms with Crippen LogP contribution in [-0.2, 0) is 11.3 Å². The number of hydrogen-bond acceptors (Lipinski definition) is 4. The molecular weight excluding hydrogens is 294 g/mol. The van der Waals surface area contributed by atoms with Gasteiger partial charge in [-0.25, -0.2) is 0 Å². The summed E-state index contributed by atoms with van der Waals surface area (Å²) in [6, 6.07) is 4.44. The SMILES string of the molecule is CSc1cc(C)c2c(c1)COC1(CCN(CC3CC3)CC1)O2. The summed E-state index contributed by atoms with van der Waals surface area (Å²) < 4.78 is 12.6. The lowest BCUT2D eigenvalue weighted by Crippen LogP contribution is -2.51. The molecule has 4 rings (SSSR count). The largest absolute Gasteiger partial charge is 0.462 e. The van der Waals surface area contributed by atoms with Crippen LogP contribution in [0.15, 0.2) is 17.0 Å². The van der Waals surface area contributed by atoms with Crippen molar-refractivity contribution in [1.82, 2.24) is 4.90 Å². The van der Waals surface area contributed by atoms with Gasteiger partial charge in [0, 0.05) is 42.9 Å². The van der Waals surface area contributed by atoms with Gasteiger partial charge in [0.1, 0.15) is 5.75 Å². The predicted octanol–water partition coefficient (Wildman–Crippen LogP) is 3.83. The standard InChI is InChI=1S/C18H25NO2S/c1-13-9-16(22-2)10-15-12-20-18(21-17(13)15)5-7-19(8-6-18)11-14-3-4-14/h9-10,14H,3-8,11-12H2,1-2H3. The summed E-state index contributed by atoms with van der Waals surface area (Å²) in [5.74, 6) is 1.66. The maximum atomic E-state index is 6.40. The molecule has 1 saturated heterocycles. The molecule has 0 N–H and O–H groups in total. The van der Waals surface area contributed by atoms with E-state index in [0.29, 0.717) is 6.61 Å². The van der Waals surface area contributed by atoms with Crippen molar-refractivity contribution in [2.75, 3.05) is 25.9 Å². The molecule has 4 heteroatoms. The highest BCUT2D eigenvalue weighted by Gasteiger charge is 2.42. The summed E-state index contributed by atoms with van der Waals surface area (Å²) >= 11 is 1.78. The lowest BCUT2D eigenvalue weighted by Gasteiger charge is -2.44. The van der Waals surface area contributed by atoms with E-state index in [1.807, 2.05) is 0 Å². The number of piperidine rings is 1. The zero-order valence-corrected chi connectivity index (χ0v) is 14.4. The highest BCUT2D eigenvalue weighted by Crippen LogP contribution is 2.41. The smallest absolute Gasteiger partial charge is 0.213 e. The molecular formula is C18H25NO2S. The quantitative estimate of drug-likeness (QED) is 0.789. The highest BCUT2D eigenvalue weighted by atomic mass is 32.2. The number of benzene rings is 1. The van der Waals surface area contributed by atoms with Gasteiger partial charge in [-0.1, -0.05) is 0 Å². The van der Waals surface area contributed by atoms with Crippen LogP contribution < -0.4 is 4.74 Å². The first-order valence-electron chi connectivity index (χ1n) is 8.40. The van der Waals surface area contributed by atoms with Gasteiger partial charge < -0.3 is 14.4 Å². The van der Waals surface area contributed by atoms with Crippen LogP contribution >= 0.6 is 11.8 Å². The molecule has 1 aromatic rings. The zero-order valence-electron chi connectivity index (χ0n) is 13.6. The third-order valence-electron chi connectivity index (χ3n) is 5.17. The number of thioether (sulfide) groups is 1. The first-order valence-corrected chi connectivity index (χ1v) is 9.63. The summed E-state index contributed by atoms with van der Waals surface area (Å²) in [5, 5.41) is 0. The number of nitrogens with zero attached hydrogens (tertiary/aromatic N) is 1. The molecule has 3 aliphatic rings. The van der Waals surface area contributed by atoms with Crippen molar-refractivity contribution < 1.29 is 9.47 Å². The second-order valence-electron chi connectivity index (χ2n) is 6.98. The summed E-state index contributed by atoms with van der Waals surface area (Å²) in [6.45, 7) is 6.33. The molecule has 0 amide bonds. The van der Waals surface area contributed by atoms with E-state index in [1.165, 1.54) is 35.4 Å². The van der Waals surface area contributed by atoms with Crippen molar-refractivity contribution >= 4 is 11.8 Å². The molecule has 0 atom stereocenters. The van der Waals surface area contributed by atoms with Gasteiger partial charge in [0.2, 0.25) is 5.79 Å². The highest BCUT2D eigenvalue weighted by molar-refractivity contribution is 7.98. The molecule has 1 saturated carbocycles. The second-order valence-corrected chi connectivity index (χ2v) is 7.86. The average molecular weight is 319 g/mol. The molecule has 0 unspecified atom stereocenters. The van der Waals surface area contributed by atoms with E-state index >= 15 is 0 Å². The van der Waals surface area contributed by atoms with Crippen LogP contribution in [0, 0.1) is 12.8 Å². The van der Waals surface area contributed by atoms with Gasteiger partial charge in [0.25, 0.3) is 0 Å². The van der Waals surface area contributed by atoms with Crippen LogP contribution in [0.1, 0.15) is 36.8 Å². The zero-order chi connectivity index (χ0) is 15.2. The molecule has 2 heterocycles. The van der Waals surface area contributed by atoms with Crippen molar-refractivity contribution in [3.05, 3.63) is 23.3 Å². The Hall–Kier alpha value is -0.710. The molecule has 1 aromatic carbocycles. The second kappa shape index (κ2) is 5.73. The summed E-state index contributed by atoms with van der Waals surface area (Å²) in [4.78, 5) is 3.88. The fraction of sp³-hybridized carbons (Fsp3) is 0.667. The molecule has 120 valence electrons. The number of rotatable bonds is 3. The van der Waals surface area contributed by atoms with Gasteiger partial charge in [0.05, 0.1) is 6.61 Å². The van der Waals surface area contributed by atoms with Gasteiger partial charge in [0.15, 0.2) is 0 Å². The van der Waals surface area contributed by atoms with E-state index < -0.39 is 0 Å². The minimum absolute atomic E-state index is 0.376. The minimum Gasteiger partial charge on any atom is -0.462 e. The Morgan fingerprint density at radius 1 is 1.27 bits per heavy atom. The Bertz CT molecular complexity index is 562. The normalized spacial score (nSPS) is 24.1. The van der Waals surface area contributed by atoms with Crippen LogP contribution in [0.4, 0.5) is 0 Å². The monoisotopic (exact) mass is 319 g/mol. The van der Waals surface area contributed by atoms with Crippen LogP contribution in [0.5, 0.6) is 5.75 Å². The molecule has 0 radical (unpaired) electrons. The van der Waals surface area contributed by atoms with Crippen LogP contribution in [0.2, 0.25) is 0 Å². The molecule has 2 fully saturated rings. The Kier molecular flexibility index (Phi) is 3.87. The van der Waals surface area contributed by atoms with Crippen LogP contribution in [0.25, 0.3) is 0 Å². The molecule has 22 heavy (non-hydrogen) atoms. The van der Waals surface area contributed by atoms with E-state index in [-0.39, 0.29) is 5.79 Å². The molecule has 3 nitrogen and oxygen atoms in total. The molecule has 0 bridgehead atoms. The summed E-state index contributed by atoms with van der Waals surface area (Å²) in [6.07, 6.45) is 6.95. The van der Waals surface area contributed by atoms with E-state index in [2.05, 4.69) is 30.2 Å². The van der Waals surface area contributed by atoms with E-state index in [4.69, 9.17) is 9.47 Å².